The summed E-state index contributed by atoms with van der Waals surface area (Å²) < 4.78 is 64.9. The molecule has 222 valence electrons. The molecule has 2 aliphatic heterocycles. The van der Waals surface area contributed by atoms with Gasteiger partial charge in [0.2, 0.25) is 0 Å². The van der Waals surface area contributed by atoms with Gasteiger partial charge in [-0.1, -0.05) is 24.3 Å². The number of carbonyl (C=O) groups excluding carboxylic acids is 3. The molecule has 10 nitrogen and oxygen atoms in total. The van der Waals surface area contributed by atoms with Gasteiger partial charge in [-0.2, -0.15) is 31.4 Å². The number of nitrogens with one attached hydrogen (secondary N) is 2. The van der Waals surface area contributed by atoms with Crippen molar-refractivity contribution < 1.29 is 60.7 Å². The number of likely N-dealkylation sites (tertiary alicyclic amines) is 2. The number of aromatic nitrogens is 2. The van der Waals surface area contributed by atoms with Crippen molar-refractivity contribution in [3.8, 4) is 5.69 Å². The van der Waals surface area contributed by atoms with E-state index < -0.39 is 30.2 Å². The standard InChI is InChI=1S/C21H23N5O.2C2HF3O2/c1-24-12-18-9-17(24)13-25(18)10-14-5-7-16(8-6-14)26-11-15-3-2-4-19(21(22)27)20(15)23-26;2*3-2(4,5)1(6)7/h2-8,11,17-18H,9-10,12-13H2,1H3,(H2,22,27);2*(H,6,7)/t17-,18-;;/m0../s1. The van der Waals surface area contributed by atoms with Crippen LogP contribution in [0.1, 0.15) is 22.3 Å². The summed E-state index contributed by atoms with van der Waals surface area (Å²) in [5.41, 5.74) is 8.94. The molecule has 1 amide bonds. The minimum atomic E-state index is -5.19. The summed E-state index contributed by atoms with van der Waals surface area (Å²) in [6.45, 7) is 3.69. The van der Waals surface area contributed by atoms with Crippen molar-refractivity contribution in [1.29, 1.82) is 0 Å². The first-order valence-electron chi connectivity index (χ1n) is 12.1. The second-order valence-electron chi connectivity index (χ2n) is 9.64. The van der Waals surface area contributed by atoms with E-state index in [1.807, 2.05) is 23.0 Å². The molecule has 2 bridgehead atoms. The molecule has 1 aromatic heterocycles. The van der Waals surface area contributed by atoms with Crippen LogP contribution in [0.4, 0.5) is 26.3 Å². The first-order valence-corrected chi connectivity index (χ1v) is 12.1. The van der Waals surface area contributed by atoms with Crippen LogP contribution in [0.25, 0.3) is 16.6 Å². The highest BCUT2D eigenvalue weighted by Crippen LogP contribution is 2.20. The number of quaternary nitrogens is 2. The van der Waals surface area contributed by atoms with E-state index in [1.54, 1.807) is 15.9 Å². The second-order valence-corrected chi connectivity index (χ2v) is 9.64. The van der Waals surface area contributed by atoms with Gasteiger partial charge in [0, 0.05) is 17.1 Å². The number of primary amides is 1. The molecule has 0 aliphatic carbocycles. The maximum Gasteiger partial charge on any atom is 0.430 e. The Hall–Kier alpha value is -4.18. The van der Waals surface area contributed by atoms with E-state index in [-0.39, 0.29) is 0 Å². The zero-order valence-corrected chi connectivity index (χ0v) is 21.4. The fraction of sp³-hybridized carbons (Fsp3) is 0.360. The number of halogens is 6. The Morgan fingerprint density at radius 3 is 1.95 bits per heavy atom. The lowest BCUT2D eigenvalue weighted by Gasteiger charge is -2.26. The Balaban J connectivity index is 0.000000276. The summed E-state index contributed by atoms with van der Waals surface area (Å²) in [6.07, 6.45) is -7.07. The van der Waals surface area contributed by atoms with Crippen LogP contribution in [-0.4, -0.2) is 72.2 Å². The quantitative estimate of drug-likeness (QED) is 0.294. The molecule has 2 fully saturated rings. The third-order valence-corrected chi connectivity index (χ3v) is 6.82. The number of hydrogen-bond donors (Lipinski definition) is 3. The van der Waals surface area contributed by atoms with E-state index in [2.05, 4.69) is 36.4 Å². The molecule has 4 N–H and O–H groups in total. The number of carboxylic acids is 2. The number of hydrogen-bond acceptors (Lipinski definition) is 6. The third kappa shape index (κ3) is 7.94. The highest BCUT2D eigenvalue weighted by Gasteiger charge is 2.48. The van der Waals surface area contributed by atoms with Crippen molar-refractivity contribution in [1.82, 2.24) is 9.78 Å². The van der Waals surface area contributed by atoms with Crippen molar-refractivity contribution in [2.45, 2.75) is 37.4 Å². The Kier molecular flexibility index (Phi) is 9.28. The number of nitrogens with zero attached hydrogens (tertiary/aromatic N) is 2. The number of carboxylic acid groups (broad SMARTS) is 2. The Morgan fingerprint density at radius 1 is 0.951 bits per heavy atom. The van der Waals surface area contributed by atoms with E-state index in [1.165, 1.54) is 25.1 Å². The summed E-state index contributed by atoms with van der Waals surface area (Å²) in [7, 11) is 2.33. The van der Waals surface area contributed by atoms with Crippen LogP contribution in [0, 0.1) is 0 Å². The smallest absolute Gasteiger partial charge is 0.430 e. The molecular weight excluding hydrogens is 564 g/mol. The Bertz CT molecular complexity index is 1380. The average Bonchev–Trinajstić information content (AvgIpc) is 3.57. The minimum Gasteiger partial charge on any atom is -0.542 e. The molecule has 3 aromatic rings. The van der Waals surface area contributed by atoms with Crippen molar-refractivity contribution in [2.75, 3.05) is 20.1 Å². The molecule has 0 saturated carbocycles. The maximum atomic E-state index is 11.6. The van der Waals surface area contributed by atoms with Crippen molar-refractivity contribution in [2.24, 2.45) is 5.73 Å². The van der Waals surface area contributed by atoms with Gasteiger partial charge in [0.25, 0.3) is 5.91 Å². The number of likely N-dealkylation sites (N-methyl/N-ethyl adjacent to an activating group) is 1. The molecule has 41 heavy (non-hydrogen) atoms. The van der Waals surface area contributed by atoms with Gasteiger partial charge < -0.3 is 35.3 Å². The number of fused-ring (bicyclic) bond motifs is 3. The van der Waals surface area contributed by atoms with Gasteiger partial charge in [-0.15, -0.1) is 0 Å². The summed E-state index contributed by atoms with van der Waals surface area (Å²) in [4.78, 5) is 32.6. The summed E-state index contributed by atoms with van der Waals surface area (Å²) >= 11 is 0. The van der Waals surface area contributed by atoms with Crippen molar-refractivity contribution in [3.63, 3.8) is 0 Å². The molecule has 5 rings (SSSR count). The zero-order valence-electron chi connectivity index (χ0n) is 21.4. The Labute approximate surface area is 228 Å². The minimum absolute atomic E-state index is 0.448. The fourth-order valence-electron chi connectivity index (χ4n) is 4.86. The summed E-state index contributed by atoms with van der Waals surface area (Å²) in [5.74, 6) is -6.46. The van der Waals surface area contributed by atoms with Crippen LogP contribution in [0.5, 0.6) is 0 Å². The predicted molar refractivity (Wildman–Crippen MR) is 125 cm³/mol. The van der Waals surface area contributed by atoms with E-state index in [0.29, 0.717) is 11.1 Å². The van der Waals surface area contributed by atoms with Gasteiger partial charge >= 0.3 is 12.4 Å². The summed E-state index contributed by atoms with van der Waals surface area (Å²) in [5, 5.41) is 23.1. The number of aliphatic carboxylic acids is 2. The monoisotopic (exact) mass is 589 g/mol. The molecule has 0 radical (unpaired) electrons. The first-order chi connectivity index (χ1) is 19.0. The molecule has 2 aromatic carbocycles. The molecule has 2 aliphatic rings. The molecule has 0 spiro atoms. The van der Waals surface area contributed by atoms with Gasteiger partial charge in [0.1, 0.15) is 49.2 Å². The SMILES string of the molecule is C[NH+]1C[C@@H]2C[C@H]1C[NH+]2Cc1ccc(-n2cc3cccc(C(N)=O)c3n2)cc1.O=C([O-])C(F)(F)F.O=C([O-])C(F)(F)F. The molecule has 3 heterocycles. The number of nitrogens with two attached hydrogens (primary N) is 1. The van der Waals surface area contributed by atoms with Gasteiger partial charge in [-0.3, -0.25) is 4.79 Å². The topological polar surface area (TPSA) is 150 Å². The van der Waals surface area contributed by atoms with E-state index in [9.17, 15) is 31.1 Å². The van der Waals surface area contributed by atoms with Gasteiger partial charge in [-0.05, 0) is 18.2 Å². The molecule has 2 unspecified atom stereocenters. The fourth-order valence-corrected chi connectivity index (χ4v) is 4.86. The highest BCUT2D eigenvalue weighted by atomic mass is 19.4. The molecule has 16 heteroatoms. The number of amides is 1. The van der Waals surface area contributed by atoms with Crippen LogP contribution in [0.3, 0.4) is 0 Å². The lowest BCUT2D eigenvalue weighted by Crippen LogP contribution is -3.26. The van der Waals surface area contributed by atoms with Crippen LogP contribution in [-0.2, 0) is 16.1 Å². The lowest BCUT2D eigenvalue weighted by atomic mass is 10.1. The van der Waals surface area contributed by atoms with Gasteiger partial charge in [0.05, 0.1) is 24.7 Å². The number of rotatable bonds is 4. The highest BCUT2D eigenvalue weighted by molar-refractivity contribution is 6.04. The largest absolute Gasteiger partial charge is 0.542 e. The number of piperazine rings is 1. The van der Waals surface area contributed by atoms with E-state index >= 15 is 0 Å². The van der Waals surface area contributed by atoms with Gasteiger partial charge in [-0.25, -0.2) is 4.68 Å². The van der Waals surface area contributed by atoms with Crippen LogP contribution >= 0.6 is 0 Å². The van der Waals surface area contributed by atoms with Crippen LogP contribution < -0.4 is 25.7 Å². The van der Waals surface area contributed by atoms with Crippen molar-refractivity contribution >= 4 is 28.7 Å². The van der Waals surface area contributed by atoms with E-state index in [0.717, 1.165) is 29.7 Å². The van der Waals surface area contributed by atoms with Gasteiger partial charge in [0.15, 0.2) is 0 Å². The second kappa shape index (κ2) is 12.1. The first kappa shape index (κ1) is 31.3. The van der Waals surface area contributed by atoms with E-state index in [4.69, 9.17) is 25.5 Å². The average molecular weight is 589 g/mol. The van der Waals surface area contributed by atoms with Crippen molar-refractivity contribution in [3.05, 3.63) is 59.8 Å². The molecule has 2 saturated heterocycles. The van der Waals surface area contributed by atoms with Crippen LogP contribution in [0.2, 0.25) is 0 Å². The number of benzene rings is 2. The Morgan fingerprint density at radius 2 is 1.51 bits per heavy atom. The third-order valence-electron chi connectivity index (χ3n) is 6.82. The number of alkyl halides is 6. The normalized spacial score (nSPS) is 21.4. The zero-order chi connectivity index (χ0) is 30.7. The molecular formula is C25H25F6N5O5. The maximum absolute atomic E-state index is 11.6. The van der Waals surface area contributed by atoms with Crippen LogP contribution in [0.15, 0.2) is 48.7 Å². The predicted octanol–water partition coefficient (Wildman–Crippen LogP) is -2.22. The molecule has 4 atom stereocenters. The number of carbonyl (C=O) groups is 3. The lowest BCUT2D eigenvalue weighted by molar-refractivity contribution is -1.01. The summed E-state index contributed by atoms with van der Waals surface area (Å²) in [6, 6.07) is 15.8.